The van der Waals surface area contributed by atoms with E-state index < -0.39 is 17.9 Å². The van der Waals surface area contributed by atoms with Crippen molar-refractivity contribution in [2.24, 2.45) is 0 Å². The minimum atomic E-state index is -1.09. The molecule has 0 radical (unpaired) electrons. The highest BCUT2D eigenvalue weighted by Gasteiger charge is 2.20. The number of carboxylic acid groups (broad SMARTS) is 1. The van der Waals surface area contributed by atoms with Crippen LogP contribution in [0.4, 0.5) is 0 Å². The van der Waals surface area contributed by atoms with Crippen molar-refractivity contribution in [3.05, 3.63) is 59.7 Å². The zero-order chi connectivity index (χ0) is 17.5. The Kier molecular flexibility index (Phi) is 5.78. The van der Waals surface area contributed by atoms with E-state index in [1.165, 1.54) is 13.2 Å². The predicted octanol–water partition coefficient (Wildman–Crippen LogP) is 1.76. The number of benzene rings is 2. The van der Waals surface area contributed by atoms with Crippen molar-refractivity contribution >= 4 is 11.9 Å². The van der Waals surface area contributed by atoms with Crippen molar-refractivity contribution in [3.63, 3.8) is 0 Å². The van der Waals surface area contributed by atoms with Crippen LogP contribution in [0.2, 0.25) is 0 Å². The Balaban J connectivity index is 2.01. The van der Waals surface area contributed by atoms with Crippen LogP contribution in [-0.4, -0.2) is 35.2 Å². The van der Waals surface area contributed by atoms with Crippen molar-refractivity contribution < 1.29 is 24.5 Å². The third kappa shape index (κ3) is 4.74. The molecule has 0 aliphatic carbocycles. The van der Waals surface area contributed by atoms with Crippen LogP contribution < -0.4 is 10.1 Å². The molecule has 0 spiro atoms. The fourth-order valence-corrected chi connectivity index (χ4v) is 2.31. The first-order valence-corrected chi connectivity index (χ1v) is 7.41. The minimum Gasteiger partial charge on any atom is -0.504 e. The Morgan fingerprint density at radius 1 is 1.12 bits per heavy atom. The maximum Gasteiger partial charge on any atom is 0.326 e. The van der Waals surface area contributed by atoms with Crippen LogP contribution in [-0.2, 0) is 22.4 Å². The summed E-state index contributed by atoms with van der Waals surface area (Å²) in [6.45, 7) is 0. The molecular weight excluding hydrogens is 310 g/mol. The van der Waals surface area contributed by atoms with Gasteiger partial charge in [0.1, 0.15) is 6.04 Å². The molecule has 6 heteroatoms. The molecule has 0 saturated carbocycles. The predicted molar refractivity (Wildman–Crippen MR) is 88.1 cm³/mol. The number of aliphatic carboxylic acids is 1. The van der Waals surface area contributed by atoms with Gasteiger partial charge in [0, 0.05) is 6.42 Å². The van der Waals surface area contributed by atoms with Gasteiger partial charge in [0.15, 0.2) is 11.5 Å². The normalized spacial score (nSPS) is 11.5. The Bertz CT molecular complexity index is 715. The smallest absolute Gasteiger partial charge is 0.326 e. The molecule has 0 fully saturated rings. The average Bonchev–Trinajstić information content (AvgIpc) is 2.57. The largest absolute Gasteiger partial charge is 0.504 e. The van der Waals surface area contributed by atoms with Gasteiger partial charge >= 0.3 is 5.97 Å². The topological polar surface area (TPSA) is 95.9 Å². The summed E-state index contributed by atoms with van der Waals surface area (Å²) in [5.41, 5.74) is 1.45. The molecule has 1 amide bonds. The molecule has 24 heavy (non-hydrogen) atoms. The second-order valence-corrected chi connectivity index (χ2v) is 5.33. The van der Waals surface area contributed by atoms with E-state index in [-0.39, 0.29) is 24.3 Å². The number of phenols is 1. The molecule has 0 unspecified atom stereocenters. The van der Waals surface area contributed by atoms with Crippen molar-refractivity contribution in [2.45, 2.75) is 18.9 Å². The van der Waals surface area contributed by atoms with Gasteiger partial charge in [-0.2, -0.15) is 0 Å². The molecule has 0 aromatic heterocycles. The molecule has 3 N–H and O–H groups in total. The Morgan fingerprint density at radius 3 is 2.46 bits per heavy atom. The van der Waals surface area contributed by atoms with Crippen LogP contribution in [0, 0.1) is 0 Å². The lowest BCUT2D eigenvalue weighted by Gasteiger charge is -2.15. The number of carbonyl (C=O) groups is 2. The van der Waals surface area contributed by atoms with Gasteiger partial charge in [0.25, 0.3) is 0 Å². The highest BCUT2D eigenvalue weighted by atomic mass is 16.5. The third-order valence-corrected chi connectivity index (χ3v) is 3.52. The van der Waals surface area contributed by atoms with Crippen molar-refractivity contribution in [3.8, 4) is 11.5 Å². The number of amides is 1. The zero-order valence-electron chi connectivity index (χ0n) is 13.2. The molecule has 126 valence electrons. The molecule has 0 saturated heterocycles. The number of hydrogen-bond acceptors (Lipinski definition) is 4. The number of hydrogen-bond donors (Lipinski definition) is 3. The number of phenolic OH excluding ortho intramolecular Hbond substituents is 1. The molecule has 1 atom stereocenters. The maximum atomic E-state index is 12.1. The van der Waals surface area contributed by atoms with E-state index in [1.54, 1.807) is 12.1 Å². The summed E-state index contributed by atoms with van der Waals surface area (Å²) in [7, 11) is 1.42. The van der Waals surface area contributed by atoms with Crippen LogP contribution in [0.1, 0.15) is 11.1 Å². The molecule has 2 aromatic carbocycles. The third-order valence-electron chi connectivity index (χ3n) is 3.52. The highest BCUT2D eigenvalue weighted by molar-refractivity contribution is 5.85. The molecule has 0 heterocycles. The van der Waals surface area contributed by atoms with Crippen molar-refractivity contribution in [2.75, 3.05) is 7.11 Å². The lowest BCUT2D eigenvalue weighted by molar-refractivity contribution is -0.141. The summed E-state index contributed by atoms with van der Waals surface area (Å²) < 4.78 is 4.99. The van der Waals surface area contributed by atoms with E-state index in [0.29, 0.717) is 5.56 Å². The van der Waals surface area contributed by atoms with Gasteiger partial charge in [0.2, 0.25) is 5.91 Å². The SMILES string of the molecule is COc1cc(CC(=O)N[C@@H](Cc2ccccc2)C(=O)O)ccc1O. The number of rotatable bonds is 7. The molecule has 6 nitrogen and oxygen atoms in total. The Labute approximate surface area is 139 Å². The summed E-state index contributed by atoms with van der Waals surface area (Å²) in [5.74, 6) is -1.25. The number of carboxylic acids is 1. The standard InChI is InChI=1S/C18H19NO5/c1-24-16-10-13(7-8-15(16)20)11-17(21)19-14(18(22)23)9-12-5-3-2-4-6-12/h2-8,10,14,20H,9,11H2,1H3,(H,19,21)(H,22,23)/t14-/m0/s1. The molecule has 0 aliphatic heterocycles. The van der Waals surface area contributed by atoms with Gasteiger partial charge in [-0.05, 0) is 23.3 Å². The van der Waals surface area contributed by atoms with Gasteiger partial charge in [-0.25, -0.2) is 4.79 Å². The highest BCUT2D eigenvalue weighted by Crippen LogP contribution is 2.26. The van der Waals surface area contributed by atoms with Gasteiger partial charge in [-0.15, -0.1) is 0 Å². The molecule has 2 aromatic rings. The van der Waals surface area contributed by atoms with E-state index in [4.69, 9.17) is 4.74 Å². The second kappa shape index (κ2) is 8.01. The lowest BCUT2D eigenvalue weighted by atomic mass is 10.1. The van der Waals surface area contributed by atoms with E-state index in [2.05, 4.69) is 5.32 Å². The number of carbonyl (C=O) groups excluding carboxylic acids is 1. The summed E-state index contributed by atoms with van der Waals surface area (Å²) in [6.07, 6.45) is 0.204. The summed E-state index contributed by atoms with van der Waals surface area (Å²) in [4.78, 5) is 23.5. The van der Waals surface area contributed by atoms with Crippen LogP contribution >= 0.6 is 0 Å². The fraction of sp³-hybridized carbons (Fsp3) is 0.222. The van der Waals surface area contributed by atoms with E-state index in [9.17, 15) is 19.8 Å². The Hall–Kier alpha value is -3.02. The number of methoxy groups -OCH3 is 1. The maximum absolute atomic E-state index is 12.1. The summed E-state index contributed by atoms with van der Waals surface area (Å²) in [5, 5.41) is 21.4. The van der Waals surface area contributed by atoms with Crippen LogP contribution in [0.15, 0.2) is 48.5 Å². The second-order valence-electron chi connectivity index (χ2n) is 5.33. The number of nitrogens with one attached hydrogen (secondary N) is 1. The lowest BCUT2D eigenvalue weighted by Crippen LogP contribution is -2.43. The average molecular weight is 329 g/mol. The summed E-state index contributed by atoms with van der Waals surface area (Å²) >= 11 is 0. The quantitative estimate of drug-likeness (QED) is 0.719. The van der Waals surface area contributed by atoms with Gasteiger partial charge in [-0.3, -0.25) is 4.79 Å². The minimum absolute atomic E-state index is 0.00475. The van der Waals surface area contributed by atoms with E-state index in [1.807, 2.05) is 30.3 Å². The van der Waals surface area contributed by atoms with Gasteiger partial charge in [-0.1, -0.05) is 36.4 Å². The van der Waals surface area contributed by atoms with Crippen LogP contribution in [0.25, 0.3) is 0 Å². The number of ether oxygens (including phenoxy) is 1. The summed E-state index contributed by atoms with van der Waals surface area (Å²) in [6, 6.07) is 12.7. The first-order valence-electron chi connectivity index (χ1n) is 7.41. The van der Waals surface area contributed by atoms with E-state index >= 15 is 0 Å². The molecule has 0 aliphatic rings. The first kappa shape index (κ1) is 17.3. The Morgan fingerprint density at radius 2 is 1.83 bits per heavy atom. The molecule has 0 bridgehead atoms. The van der Waals surface area contributed by atoms with E-state index in [0.717, 1.165) is 5.56 Å². The van der Waals surface area contributed by atoms with Crippen LogP contribution in [0.3, 0.4) is 0 Å². The monoisotopic (exact) mass is 329 g/mol. The fourth-order valence-electron chi connectivity index (χ4n) is 2.31. The molecule has 2 rings (SSSR count). The zero-order valence-corrected chi connectivity index (χ0v) is 13.2. The van der Waals surface area contributed by atoms with Gasteiger partial charge < -0.3 is 20.3 Å². The van der Waals surface area contributed by atoms with Crippen molar-refractivity contribution in [1.82, 2.24) is 5.32 Å². The first-order chi connectivity index (χ1) is 11.5. The molecular formula is C18H19NO5. The van der Waals surface area contributed by atoms with Crippen LogP contribution in [0.5, 0.6) is 11.5 Å². The number of aromatic hydroxyl groups is 1. The van der Waals surface area contributed by atoms with Gasteiger partial charge in [0.05, 0.1) is 13.5 Å². The van der Waals surface area contributed by atoms with Crippen molar-refractivity contribution in [1.29, 1.82) is 0 Å².